The molecule has 0 aliphatic heterocycles. The van der Waals surface area contributed by atoms with Gasteiger partial charge in [-0.15, -0.1) is 0 Å². The standard InChI is InChI=1S/C13H20O4/c1-13(2,15)6-7-17-12-5-4-11(16-3)8-10(12)9-14/h4-5,8,14-15H,6-7,9H2,1-3H3. The van der Waals surface area contributed by atoms with Crippen LogP contribution >= 0.6 is 0 Å². The van der Waals surface area contributed by atoms with Crippen molar-refractivity contribution < 1.29 is 19.7 Å². The summed E-state index contributed by atoms with van der Waals surface area (Å²) in [5, 5.41) is 18.8. The first kappa shape index (κ1) is 13.8. The van der Waals surface area contributed by atoms with E-state index in [1.165, 1.54) is 0 Å². The Kier molecular flexibility index (Phi) is 4.78. The first-order valence-electron chi connectivity index (χ1n) is 5.59. The molecule has 0 saturated heterocycles. The van der Waals surface area contributed by atoms with Crippen molar-refractivity contribution in [2.45, 2.75) is 32.5 Å². The highest BCUT2D eigenvalue weighted by Gasteiger charge is 2.13. The molecular formula is C13H20O4. The van der Waals surface area contributed by atoms with Gasteiger partial charge in [0.1, 0.15) is 11.5 Å². The van der Waals surface area contributed by atoms with E-state index >= 15 is 0 Å². The topological polar surface area (TPSA) is 58.9 Å². The number of benzene rings is 1. The van der Waals surface area contributed by atoms with Gasteiger partial charge in [-0.2, -0.15) is 0 Å². The second-order valence-electron chi connectivity index (χ2n) is 4.54. The molecule has 4 heteroatoms. The van der Waals surface area contributed by atoms with Crippen LogP contribution in [0.1, 0.15) is 25.8 Å². The lowest BCUT2D eigenvalue weighted by Crippen LogP contribution is -2.22. The smallest absolute Gasteiger partial charge is 0.125 e. The van der Waals surface area contributed by atoms with E-state index in [-0.39, 0.29) is 6.61 Å². The van der Waals surface area contributed by atoms with Crippen LogP contribution in [0.5, 0.6) is 11.5 Å². The number of aliphatic hydroxyl groups excluding tert-OH is 1. The molecule has 0 heterocycles. The molecule has 0 fully saturated rings. The van der Waals surface area contributed by atoms with Crippen LogP contribution in [0.4, 0.5) is 0 Å². The van der Waals surface area contributed by atoms with Gasteiger partial charge in [-0.05, 0) is 32.0 Å². The summed E-state index contributed by atoms with van der Waals surface area (Å²) in [4.78, 5) is 0. The van der Waals surface area contributed by atoms with Crippen molar-refractivity contribution in [1.29, 1.82) is 0 Å². The average Bonchev–Trinajstić information content (AvgIpc) is 2.27. The minimum Gasteiger partial charge on any atom is -0.497 e. The van der Waals surface area contributed by atoms with Crippen LogP contribution in [-0.4, -0.2) is 29.5 Å². The minimum atomic E-state index is -0.744. The molecule has 96 valence electrons. The van der Waals surface area contributed by atoms with Crippen molar-refractivity contribution in [1.82, 2.24) is 0 Å². The summed E-state index contributed by atoms with van der Waals surface area (Å²) >= 11 is 0. The van der Waals surface area contributed by atoms with Crippen LogP contribution in [0.2, 0.25) is 0 Å². The van der Waals surface area contributed by atoms with Crippen LogP contribution in [0.15, 0.2) is 18.2 Å². The third kappa shape index (κ3) is 4.63. The minimum absolute atomic E-state index is 0.102. The molecule has 0 aromatic heterocycles. The van der Waals surface area contributed by atoms with Crippen molar-refractivity contribution in [3.63, 3.8) is 0 Å². The third-order valence-electron chi connectivity index (χ3n) is 2.41. The Morgan fingerprint density at radius 1 is 1.29 bits per heavy atom. The highest BCUT2D eigenvalue weighted by molar-refractivity contribution is 5.39. The van der Waals surface area contributed by atoms with Gasteiger partial charge in [-0.25, -0.2) is 0 Å². The third-order valence-corrected chi connectivity index (χ3v) is 2.41. The zero-order chi connectivity index (χ0) is 12.9. The molecule has 0 aliphatic carbocycles. The van der Waals surface area contributed by atoms with E-state index in [9.17, 15) is 10.2 Å². The Labute approximate surface area is 102 Å². The Morgan fingerprint density at radius 3 is 2.53 bits per heavy atom. The fourth-order valence-electron chi connectivity index (χ4n) is 1.36. The van der Waals surface area contributed by atoms with Crippen molar-refractivity contribution in [3.8, 4) is 11.5 Å². The zero-order valence-corrected chi connectivity index (χ0v) is 10.6. The molecule has 0 amide bonds. The number of ether oxygens (including phenoxy) is 2. The highest BCUT2D eigenvalue weighted by atomic mass is 16.5. The maximum atomic E-state index is 9.55. The van der Waals surface area contributed by atoms with Gasteiger partial charge in [0.15, 0.2) is 0 Å². The van der Waals surface area contributed by atoms with Crippen molar-refractivity contribution in [3.05, 3.63) is 23.8 Å². The molecule has 0 atom stereocenters. The Hall–Kier alpha value is -1.26. The molecule has 0 bridgehead atoms. The maximum absolute atomic E-state index is 9.55. The molecule has 0 saturated carbocycles. The summed E-state index contributed by atoms with van der Waals surface area (Å²) in [6.45, 7) is 3.77. The molecule has 0 spiro atoms. The first-order chi connectivity index (χ1) is 7.96. The second-order valence-corrected chi connectivity index (χ2v) is 4.54. The molecular weight excluding hydrogens is 220 g/mol. The second kappa shape index (κ2) is 5.89. The Morgan fingerprint density at radius 2 is 2.00 bits per heavy atom. The van der Waals surface area contributed by atoms with Crippen LogP contribution in [0, 0.1) is 0 Å². The number of methoxy groups -OCH3 is 1. The van der Waals surface area contributed by atoms with Gasteiger partial charge in [0.25, 0.3) is 0 Å². The van der Waals surface area contributed by atoms with Gasteiger partial charge in [-0.1, -0.05) is 0 Å². The lowest BCUT2D eigenvalue weighted by molar-refractivity contribution is 0.0550. The van der Waals surface area contributed by atoms with E-state index in [1.54, 1.807) is 39.2 Å². The van der Waals surface area contributed by atoms with E-state index < -0.39 is 5.60 Å². The summed E-state index contributed by atoms with van der Waals surface area (Å²) in [5.74, 6) is 1.31. The largest absolute Gasteiger partial charge is 0.497 e. The van der Waals surface area contributed by atoms with E-state index in [0.717, 1.165) is 0 Å². The molecule has 4 nitrogen and oxygen atoms in total. The molecule has 17 heavy (non-hydrogen) atoms. The lowest BCUT2D eigenvalue weighted by atomic mass is 10.1. The molecule has 1 rings (SSSR count). The summed E-state index contributed by atoms with van der Waals surface area (Å²) < 4.78 is 10.6. The van der Waals surface area contributed by atoms with Crippen LogP contribution in [-0.2, 0) is 6.61 Å². The van der Waals surface area contributed by atoms with E-state index in [4.69, 9.17) is 9.47 Å². The van der Waals surface area contributed by atoms with Gasteiger partial charge >= 0.3 is 0 Å². The summed E-state index contributed by atoms with van der Waals surface area (Å²) in [6.07, 6.45) is 0.532. The zero-order valence-electron chi connectivity index (χ0n) is 10.6. The summed E-state index contributed by atoms with van der Waals surface area (Å²) in [7, 11) is 1.57. The van der Waals surface area contributed by atoms with Crippen molar-refractivity contribution in [2.24, 2.45) is 0 Å². The van der Waals surface area contributed by atoms with E-state index in [1.807, 2.05) is 0 Å². The van der Waals surface area contributed by atoms with Gasteiger partial charge in [-0.3, -0.25) is 0 Å². The van der Waals surface area contributed by atoms with Gasteiger partial charge in [0, 0.05) is 12.0 Å². The Bertz CT molecular complexity index is 355. The quantitative estimate of drug-likeness (QED) is 0.795. The number of aliphatic hydroxyl groups is 2. The lowest BCUT2D eigenvalue weighted by Gasteiger charge is -2.18. The molecule has 0 radical (unpaired) electrons. The van der Waals surface area contributed by atoms with Crippen molar-refractivity contribution in [2.75, 3.05) is 13.7 Å². The average molecular weight is 240 g/mol. The molecule has 1 aromatic carbocycles. The first-order valence-corrected chi connectivity index (χ1v) is 5.59. The summed E-state index contributed by atoms with van der Waals surface area (Å²) in [6, 6.07) is 5.27. The summed E-state index contributed by atoms with van der Waals surface area (Å²) in [5.41, 5.74) is -0.0636. The SMILES string of the molecule is COc1ccc(OCCC(C)(C)O)c(CO)c1. The maximum Gasteiger partial charge on any atom is 0.125 e. The van der Waals surface area contributed by atoms with Gasteiger partial charge in [0.05, 0.1) is 25.9 Å². The van der Waals surface area contributed by atoms with Crippen molar-refractivity contribution >= 4 is 0 Å². The van der Waals surface area contributed by atoms with Crippen LogP contribution < -0.4 is 9.47 Å². The fourth-order valence-corrected chi connectivity index (χ4v) is 1.36. The van der Waals surface area contributed by atoms with Crippen LogP contribution in [0.3, 0.4) is 0 Å². The van der Waals surface area contributed by atoms with Gasteiger partial charge in [0.2, 0.25) is 0 Å². The number of hydrogen-bond donors (Lipinski definition) is 2. The van der Waals surface area contributed by atoms with E-state index in [2.05, 4.69) is 0 Å². The molecule has 1 aromatic rings. The van der Waals surface area contributed by atoms with Gasteiger partial charge < -0.3 is 19.7 Å². The predicted molar refractivity (Wildman–Crippen MR) is 65.3 cm³/mol. The molecule has 0 aliphatic rings. The fraction of sp³-hybridized carbons (Fsp3) is 0.538. The monoisotopic (exact) mass is 240 g/mol. The number of hydrogen-bond acceptors (Lipinski definition) is 4. The predicted octanol–water partition coefficient (Wildman–Crippen LogP) is 1.73. The number of rotatable bonds is 6. The normalized spacial score (nSPS) is 11.4. The van der Waals surface area contributed by atoms with E-state index in [0.29, 0.717) is 30.1 Å². The Balaban J connectivity index is 2.64. The van der Waals surface area contributed by atoms with Crippen LogP contribution in [0.25, 0.3) is 0 Å². The highest BCUT2D eigenvalue weighted by Crippen LogP contribution is 2.24. The molecule has 2 N–H and O–H groups in total. The molecule has 0 unspecified atom stereocenters.